The van der Waals surface area contributed by atoms with Crippen molar-refractivity contribution in [1.29, 1.82) is 0 Å². The van der Waals surface area contributed by atoms with Gasteiger partial charge in [0.15, 0.2) is 6.10 Å². The lowest BCUT2D eigenvalue weighted by atomic mass is 10.0. The number of carbonyl (C=O) groups excluding carboxylic acids is 1. The van der Waals surface area contributed by atoms with Crippen molar-refractivity contribution >= 4 is 5.97 Å². The van der Waals surface area contributed by atoms with Gasteiger partial charge in [-0.2, -0.15) is 22.0 Å². The molecule has 0 aromatic carbocycles. The Kier molecular flexibility index (Phi) is 5.24. The van der Waals surface area contributed by atoms with Gasteiger partial charge in [0.2, 0.25) is 0 Å². The maximum absolute atomic E-state index is 13.2. The molecule has 18 heavy (non-hydrogen) atoms. The molecule has 0 radical (unpaired) electrons. The third kappa shape index (κ3) is 3.92. The van der Waals surface area contributed by atoms with Gasteiger partial charge in [0.1, 0.15) is 0 Å². The van der Waals surface area contributed by atoms with E-state index < -0.39 is 36.8 Å². The Morgan fingerprint density at radius 2 is 1.72 bits per heavy atom. The van der Waals surface area contributed by atoms with Crippen LogP contribution < -0.4 is 0 Å². The van der Waals surface area contributed by atoms with Crippen LogP contribution in [0.4, 0.5) is 26.3 Å². The number of hydrogen-bond donors (Lipinski definition) is 0. The van der Waals surface area contributed by atoms with E-state index in [-0.39, 0.29) is 5.57 Å². The van der Waals surface area contributed by atoms with Crippen molar-refractivity contribution in [1.82, 2.24) is 0 Å². The van der Waals surface area contributed by atoms with Crippen LogP contribution in [-0.2, 0) is 9.53 Å². The molecule has 0 bridgehead atoms. The molecule has 2 unspecified atom stereocenters. The summed E-state index contributed by atoms with van der Waals surface area (Å²) >= 11 is 0. The van der Waals surface area contributed by atoms with Crippen molar-refractivity contribution in [2.45, 2.75) is 44.6 Å². The maximum Gasteiger partial charge on any atom is 0.425 e. The van der Waals surface area contributed by atoms with Gasteiger partial charge in [0.25, 0.3) is 6.17 Å². The van der Waals surface area contributed by atoms with Crippen molar-refractivity contribution in [3.05, 3.63) is 12.2 Å². The molecular formula is C10H12F6O2. The van der Waals surface area contributed by atoms with E-state index in [1.165, 1.54) is 0 Å². The van der Waals surface area contributed by atoms with Crippen LogP contribution in [0.1, 0.15) is 20.3 Å². The zero-order valence-electron chi connectivity index (χ0n) is 9.65. The zero-order chi connectivity index (χ0) is 14.7. The second kappa shape index (κ2) is 5.62. The molecule has 8 heteroatoms. The van der Waals surface area contributed by atoms with Gasteiger partial charge >= 0.3 is 18.1 Å². The molecule has 0 aromatic rings. The number of halogens is 6. The molecular weight excluding hydrogens is 266 g/mol. The predicted octanol–water partition coefficient (Wildman–Crippen LogP) is 3.42. The SMILES string of the molecule is C=C(C)C(=O)OC(CC)C(F)(F)C(F)C(F)(F)F. The Labute approximate surface area is 99.6 Å². The number of ether oxygens (including phenoxy) is 1. The van der Waals surface area contributed by atoms with Crippen LogP contribution in [-0.4, -0.2) is 30.3 Å². The second-order valence-corrected chi connectivity index (χ2v) is 3.66. The molecule has 106 valence electrons. The highest BCUT2D eigenvalue weighted by Gasteiger charge is 2.61. The average Bonchev–Trinajstić information content (AvgIpc) is 2.22. The standard InChI is InChI=1S/C10H12F6O2/c1-4-6(18-7(17)5(2)3)9(12,13)8(11)10(14,15)16/h6,8H,2,4H2,1,3H3. The fourth-order valence-corrected chi connectivity index (χ4v) is 1.05. The lowest BCUT2D eigenvalue weighted by Gasteiger charge is -2.29. The van der Waals surface area contributed by atoms with Gasteiger partial charge in [-0.05, 0) is 13.3 Å². The summed E-state index contributed by atoms with van der Waals surface area (Å²) in [7, 11) is 0. The van der Waals surface area contributed by atoms with Crippen LogP contribution in [0.25, 0.3) is 0 Å². The molecule has 0 aliphatic heterocycles. The molecule has 0 fully saturated rings. The van der Waals surface area contributed by atoms with Crippen molar-refractivity contribution in [2.24, 2.45) is 0 Å². The lowest BCUT2D eigenvalue weighted by molar-refractivity contribution is -0.270. The molecule has 0 aliphatic rings. The quantitative estimate of drug-likeness (QED) is 0.437. The number of alkyl halides is 6. The van der Waals surface area contributed by atoms with E-state index >= 15 is 0 Å². The molecule has 2 nitrogen and oxygen atoms in total. The summed E-state index contributed by atoms with van der Waals surface area (Å²) in [6.45, 7) is 5.26. The molecule has 0 amide bonds. The normalized spacial score (nSPS) is 16.0. The first kappa shape index (κ1) is 16.8. The predicted molar refractivity (Wildman–Crippen MR) is 50.9 cm³/mol. The smallest absolute Gasteiger partial charge is 0.425 e. The van der Waals surface area contributed by atoms with Gasteiger partial charge < -0.3 is 4.74 Å². The van der Waals surface area contributed by atoms with Crippen LogP contribution >= 0.6 is 0 Å². The zero-order valence-corrected chi connectivity index (χ0v) is 9.65. The van der Waals surface area contributed by atoms with E-state index in [1.807, 2.05) is 0 Å². The minimum atomic E-state index is -5.73. The Hall–Kier alpha value is -1.21. The highest BCUT2D eigenvalue weighted by molar-refractivity contribution is 5.87. The van der Waals surface area contributed by atoms with Crippen LogP contribution in [0.2, 0.25) is 0 Å². The van der Waals surface area contributed by atoms with E-state index in [1.54, 1.807) is 0 Å². The van der Waals surface area contributed by atoms with Gasteiger partial charge in [0, 0.05) is 5.57 Å². The summed E-state index contributed by atoms with van der Waals surface area (Å²) in [5.74, 6) is -6.14. The molecule has 0 heterocycles. The van der Waals surface area contributed by atoms with Gasteiger partial charge in [-0.1, -0.05) is 13.5 Å². The molecule has 0 saturated heterocycles. The molecule has 0 N–H and O–H groups in total. The third-order valence-corrected chi connectivity index (χ3v) is 2.02. The average molecular weight is 278 g/mol. The van der Waals surface area contributed by atoms with E-state index in [4.69, 9.17) is 0 Å². The third-order valence-electron chi connectivity index (χ3n) is 2.02. The van der Waals surface area contributed by atoms with Gasteiger partial charge in [-0.3, -0.25) is 0 Å². The summed E-state index contributed by atoms with van der Waals surface area (Å²) in [4.78, 5) is 11.0. The first-order valence-corrected chi connectivity index (χ1v) is 4.89. The van der Waals surface area contributed by atoms with E-state index in [0.717, 1.165) is 13.8 Å². The molecule has 0 saturated carbocycles. The molecule has 0 aliphatic carbocycles. The highest BCUT2D eigenvalue weighted by Crippen LogP contribution is 2.39. The Balaban J connectivity index is 5.04. The summed E-state index contributed by atoms with van der Waals surface area (Å²) in [5.41, 5.74) is -0.272. The molecule has 0 aromatic heterocycles. The van der Waals surface area contributed by atoms with E-state index in [0.29, 0.717) is 0 Å². The fraction of sp³-hybridized carbons (Fsp3) is 0.700. The monoisotopic (exact) mass is 278 g/mol. The van der Waals surface area contributed by atoms with Gasteiger partial charge in [-0.25, -0.2) is 9.18 Å². The van der Waals surface area contributed by atoms with Crippen LogP contribution in [0.5, 0.6) is 0 Å². The highest BCUT2D eigenvalue weighted by atomic mass is 19.4. The Morgan fingerprint density at radius 3 is 2.00 bits per heavy atom. The number of esters is 1. The van der Waals surface area contributed by atoms with Crippen molar-refractivity contribution in [2.75, 3.05) is 0 Å². The first-order chi connectivity index (χ1) is 7.94. The summed E-state index contributed by atoms with van der Waals surface area (Å²) in [6, 6.07) is 0. The molecule has 2 atom stereocenters. The largest absolute Gasteiger partial charge is 0.452 e. The number of carbonyl (C=O) groups is 1. The molecule has 0 spiro atoms. The molecule has 0 rings (SSSR count). The minimum Gasteiger partial charge on any atom is -0.452 e. The maximum atomic E-state index is 13.2. The van der Waals surface area contributed by atoms with Crippen LogP contribution in [0.3, 0.4) is 0 Å². The summed E-state index contributed by atoms with van der Waals surface area (Å²) in [5, 5.41) is 0. The van der Waals surface area contributed by atoms with E-state index in [9.17, 15) is 31.1 Å². The minimum absolute atomic E-state index is 0.272. The van der Waals surface area contributed by atoms with Crippen molar-refractivity contribution < 1.29 is 35.9 Å². The van der Waals surface area contributed by atoms with Crippen LogP contribution in [0, 0.1) is 0 Å². The summed E-state index contributed by atoms with van der Waals surface area (Å²) < 4.78 is 79.0. The number of rotatable bonds is 5. The number of hydrogen-bond acceptors (Lipinski definition) is 2. The topological polar surface area (TPSA) is 26.3 Å². The first-order valence-electron chi connectivity index (χ1n) is 4.89. The van der Waals surface area contributed by atoms with Gasteiger partial charge in [0.05, 0.1) is 0 Å². The van der Waals surface area contributed by atoms with Crippen LogP contribution in [0.15, 0.2) is 12.2 Å². The van der Waals surface area contributed by atoms with Gasteiger partial charge in [-0.15, -0.1) is 0 Å². The fourth-order valence-electron chi connectivity index (χ4n) is 1.05. The Bertz CT molecular complexity index is 323. The van der Waals surface area contributed by atoms with E-state index in [2.05, 4.69) is 11.3 Å². The van der Waals surface area contributed by atoms with Crippen molar-refractivity contribution in [3.8, 4) is 0 Å². The lowest BCUT2D eigenvalue weighted by Crippen LogP contribution is -2.51. The Morgan fingerprint density at radius 1 is 1.28 bits per heavy atom. The van der Waals surface area contributed by atoms with Crippen molar-refractivity contribution in [3.63, 3.8) is 0 Å². The second-order valence-electron chi connectivity index (χ2n) is 3.66. The summed E-state index contributed by atoms with van der Waals surface area (Å²) in [6.07, 6.45) is -13.3.